The van der Waals surface area contributed by atoms with E-state index in [0.29, 0.717) is 22.8 Å². The number of rotatable bonds is 10. The molecule has 2 aromatic rings. The molecule has 2 rings (SSSR count). The lowest BCUT2D eigenvalue weighted by molar-refractivity contribution is 0.0922. The van der Waals surface area contributed by atoms with Crippen LogP contribution in [-0.4, -0.2) is 63.0 Å². The van der Waals surface area contributed by atoms with E-state index in [4.69, 9.17) is 24.4 Å². The van der Waals surface area contributed by atoms with E-state index in [-0.39, 0.29) is 40.6 Å². The zero-order valence-corrected chi connectivity index (χ0v) is 26.4. The quantitative estimate of drug-likeness (QED) is 0.140. The van der Waals surface area contributed by atoms with Crippen LogP contribution < -0.4 is 30.0 Å². The molecule has 0 bridgehead atoms. The molecular formula is C20H27B2I2N3O8P2. The van der Waals surface area contributed by atoms with E-state index < -0.39 is 12.2 Å². The molecule has 200 valence electrons. The van der Waals surface area contributed by atoms with Gasteiger partial charge in [-0.05, 0) is 55.5 Å². The molecule has 0 aliphatic carbocycles. The molecule has 17 heteroatoms. The van der Waals surface area contributed by atoms with Gasteiger partial charge in [-0.1, -0.05) is 0 Å². The van der Waals surface area contributed by atoms with E-state index in [2.05, 4.69) is 34.0 Å². The van der Waals surface area contributed by atoms with Gasteiger partial charge in [0.1, 0.15) is 23.9 Å². The molecule has 2 aromatic carbocycles. The van der Waals surface area contributed by atoms with Crippen LogP contribution in [0.25, 0.3) is 0 Å². The van der Waals surface area contributed by atoms with Gasteiger partial charge in [-0.2, -0.15) is 0 Å². The molecule has 0 saturated heterocycles. The number of benzene rings is 2. The fourth-order valence-electron chi connectivity index (χ4n) is 2.29. The largest absolute Gasteiger partial charge is 0.491 e. The highest BCUT2D eigenvalue weighted by molar-refractivity contribution is 14.1. The molecule has 37 heavy (non-hydrogen) atoms. The Morgan fingerprint density at radius 2 is 1.30 bits per heavy atom. The Morgan fingerprint density at radius 3 is 1.70 bits per heavy atom. The third kappa shape index (κ3) is 15.6. The minimum Gasteiger partial charge on any atom is -0.491 e. The van der Waals surface area contributed by atoms with Crippen molar-refractivity contribution in [1.82, 2.24) is 15.8 Å². The number of carbonyl (C=O) groups excluding carboxylic acids is 3. The second-order valence-electron chi connectivity index (χ2n) is 7.00. The fourth-order valence-corrected chi connectivity index (χ4v) is 3.07. The first-order chi connectivity index (χ1) is 17.5. The summed E-state index contributed by atoms with van der Waals surface area (Å²) in [7, 11) is 4.84. The Hall–Kier alpha value is -1.38. The summed E-state index contributed by atoms with van der Waals surface area (Å²) in [6.07, 6.45) is -1.08. The van der Waals surface area contributed by atoms with Gasteiger partial charge < -0.3 is 40.2 Å². The summed E-state index contributed by atoms with van der Waals surface area (Å²) in [4.78, 5) is 34.4. The van der Waals surface area contributed by atoms with E-state index in [1.165, 1.54) is 12.1 Å². The van der Waals surface area contributed by atoms with Crippen LogP contribution in [0.15, 0.2) is 48.5 Å². The van der Waals surface area contributed by atoms with Crippen LogP contribution in [0.2, 0.25) is 0 Å². The molecule has 0 fully saturated rings. The summed E-state index contributed by atoms with van der Waals surface area (Å²) >= 11 is 4.03. The first-order valence-electron chi connectivity index (χ1n) is 10.7. The molecule has 0 aliphatic rings. The van der Waals surface area contributed by atoms with Crippen molar-refractivity contribution in [2.24, 2.45) is 0 Å². The third-order valence-corrected chi connectivity index (χ3v) is 4.84. The number of hydrogen-bond donors (Lipinski definition) is 5. The van der Waals surface area contributed by atoms with Crippen LogP contribution >= 0.6 is 63.0 Å². The second-order valence-corrected chi connectivity index (χ2v) is 13.7. The lowest BCUT2D eigenvalue weighted by Crippen LogP contribution is -2.35. The highest BCUT2D eigenvalue weighted by atomic mass is 127. The Labute approximate surface area is 247 Å². The maximum Gasteiger partial charge on any atom is 0.401 e. The second kappa shape index (κ2) is 18.8. The predicted molar refractivity (Wildman–Crippen MR) is 167 cm³/mol. The first-order valence-corrected chi connectivity index (χ1v) is 14.5. The Kier molecular flexibility index (Phi) is 17.1. The average Bonchev–Trinajstić information content (AvgIpc) is 2.83. The van der Waals surface area contributed by atoms with Crippen molar-refractivity contribution in [1.29, 1.82) is 0 Å². The number of halogens is 2. The molecule has 11 nitrogen and oxygen atoms in total. The number of aliphatic hydroxyl groups is 2. The van der Waals surface area contributed by atoms with Gasteiger partial charge in [0.15, 0.2) is 0 Å². The highest BCUT2D eigenvalue weighted by Gasteiger charge is 2.12. The number of aliphatic hydroxyl groups excluding tert-OH is 2. The minimum absolute atomic E-state index is 0.0358. The number of hydrogen-bond acceptors (Lipinski definition) is 8. The molecule has 0 heterocycles. The molecule has 0 saturated carbocycles. The molecule has 0 aliphatic heterocycles. The molecule has 3 unspecified atom stereocenters. The summed E-state index contributed by atoms with van der Waals surface area (Å²) in [5.41, 5.74) is 0.427. The minimum atomic E-state index is -0.564. The molecule has 3 amide bonds. The number of nitrogens with one attached hydrogen (secondary N) is 3. The number of amides is 3. The van der Waals surface area contributed by atoms with Crippen molar-refractivity contribution >= 4 is 89.9 Å². The molecule has 5 N–H and O–H groups in total. The van der Waals surface area contributed by atoms with Gasteiger partial charge in [0, 0.05) is 11.6 Å². The van der Waals surface area contributed by atoms with Gasteiger partial charge in [-0.3, -0.25) is 4.79 Å². The molecule has 3 atom stereocenters. The van der Waals surface area contributed by atoms with Crippen LogP contribution in [-0.2, 0) is 0 Å². The van der Waals surface area contributed by atoms with Crippen LogP contribution in [0.1, 0.15) is 17.3 Å². The normalized spacial score (nSPS) is 10.6. The SMILES string of the molecule is CC(CO)NC(=O)c1ccc(OC(=O)NB(P)I)cc1.O=C(NB(P)I)Oc1ccc(OCCO)cc1. The van der Waals surface area contributed by atoms with Gasteiger partial charge in [-0.25, -0.2) is 9.59 Å². The lowest BCUT2D eigenvalue weighted by atomic mass is 10.2. The van der Waals surface area contributed by atoms with Gasteiger partial charge in [-0.15, -0.1) is 63.0 Å². The molecule has 0 aromatic heterocycles. The number of carbonyl (C=O) groups is 3. The smallest absolute Gasteiger partial charge is 0.401 e. The Morgan fingerprint density at radius 1 is 0.865 bits per heavy atom. The summed E-state index contributed by atoms with van der Waals surface area (Å²) in [6, 6.07) is 12.4. The lowest BCUT2D eigenvalue weighted by Gasteiger charge is -2.11. The van der Waals surface area contributed by atoms with Gasteiger partial charge in [0.25, 0.3) is 5.91 Å². The van der Waals surface area contributed by atoms with Gasteiger partial charge >= 0.3 is 21.0 Å². The number of ether oxygens (including phenoxy) is 3. The van der Waals surface area contributed by atoms with Crippen molar-refractivity contribution in [2.75, 3.05) is 19.8 Å². The summed E-state index contributed by atoms with van der Waals surface area (Å²) in [6.45, 7) is 1.78. The first kappa shape index (κ1) is 33.6. The van der Waals surface area contributed by atoms with Crippen LogP contribution in [0.4, 0.5) is 9.59 Å². The highest BCUT2D eigenvalue weighted by Crippen LogP contribution is 2.18. The van der Waals surface area contributed by atoms with E-state index >= 15 is 0 Å². The fraction of sp³-hybridized carbons (Fsp3) is 0.250. The maximum atomic E-state index is 11.7. The van der Waals surface area contributed by atoms with Crippen molar-refractivity contribution in [3.63, 3.8) is 0 Å². The van der Waals surface area contributed by atoms with E-state index in [1.807, 2.05) is 44.7 Å². The van der Waals surface area contributed by atoms with Crippen molar-refractivity contribution in [2.45, 2.75) is 13.0 Å². The average molecular weight is 775 g/mol. The molecular weight excluding hydrogens is 748 g/mol. The summed E-state index contributed by atoms with van der Waals surface area (Å²) in [5.74, 6) is 1.10. The van der Waals surface area contributed by atoms with Crippen molar-refractivity contribution in [3.05, 3.63) is 54.1 Å². The maximum absolute atomic E-state index is 11.7. The van der Waals surface area contributed by atoms with Crippen molar-refractivity contribution < 1.29 is 38.8 Å². The van der Waals surface area contributed by atoms with Gasteiger partial charge in [0.2, 0.25) is 0 Å². The Balaban J connectivity index is 0.000000375. The van der Waals surface area contributed by atoms with Gasteiger partial charge in [0.05, 0.1) is 13.2 Å². The van der Waals surface area contributed by atoms with Crippen LogP contribution in [0.5, 0.6) is 17.2 Å². The van der Waals surface area contributed by atoms with Crippen LogP contribution in [0, 0.1) is 0 Å². The zero-order valence-electron chi connectivity index (χ0n) is 19.7. The zero-order chi connectivity index (χ0) is 27.8. The van der Waals surface area contributed by atoms with Crippen LogP contribution in [0.3, 0.4) is 0 Å². The standard InChI is InChI=1S/C11H15BIN2O4P.C9H12BINO4P/c1-7(6-16)14-10(17)8-2-4-9(5-3-8)19-11(18)15-12(13)20;11-10(17)12-9(14)16-8-3-1-7(2-4-8)15-6-5-13/h2-5,7,16H,6,20H2,1H3,(H,14,17)(H,15,18);1-4,13H,5-6,17H2,(H,12,14). The summed E-state index contributed by atoms with van der Waals surface area (Å²) < 4.78 is 15.0. The monoisotopic (exact) mass is 775 g/mol. The van der Waals surface area contributed by atoms with Crippen molar-refractivity contribution in [3.8, 4) is 17.2 Å². The Bertz CT molecular complexity index is 993. The molecule has 0 spiro atoms. The molecule has 0 radical (unpaired) electrons. The summed E-state index contributed by atoms with van der Waals surface area (Å²) in [5, 5.41) is 25.2. The predicted octanol–water partition coefficient (Wildman–Crippen LogP) is 2.62. The van der Waals surface area contributed by atoms with E-state index in [0.717, 1.165) is 0 Å². The van der Waals surface area contributed by atoms with E-state index in [1.54, 1.807) is 43.3 Å². The topological polar surface area (TPSA) is 155 Å². The van der Waals surface area contributed by atoms with E-state index in [9.17, 15) is 14.4 Å². The third-order valence-electron chi connectivity index (χ3n) is 3.88.